The van der Waals surface area contributed by atoms with Crippen molar-refractivity contribution in [2.45, 2.75) is 51.7 Å². The molecule has 5 nitrogen and oxygen atoms in total. The molecule has 0 radical (unpaired) electrons. The first-order valence-corrected chi connectivity index (χ1v) is 7.89. The van der Waals surface area contributed by atoms with Gasteiger partial charge in [-0.3, -0.25) is 4.79 Å². The Bertz CT molecular complexity index is 317. The number of ether oxygens (including phenoxy) is 2. The Morgan fingerprint density at radius 2 is 1.95 bits per heavy atom. The number of rotatable bonds is 5. The van der Waals surface area contributed by atoms with E-state index in [0.29, 0.717) is 26.2 Å². The van der Waals surface area contributed by atoms with Crippen LogP contribution in [0, 0.1) is 5.41 Å². The molecule has 116 valence electrons. The van der Waals surface area contributed by atoms with Crippen molar-refractivity contribution in [3.05, 3.63) is 0 Å². The van der Waals surface area contributed by atoms with Gasteiger partial charge in [-0.1, -0.05) is 13.8 Å². The molecule has 0 aliphatic carbocycles. The lowest BCUT2D eigenvalue weighted by Crippen LogP contribution is -2.55. The molecule has 20 heavy (non-hydrogen) atoms. The fourth-order valence-electron chi connectivity index (χ4n) is 3.24. The van der Waals surface area contributed by atoms with Crippen molar-refractivity contribution in [3.63, 3.8) is 0 Å². The summed E-state index contributed by atoms with van der Waals surface area (Å²) in [6, 6.07) is 0. The summed E-state index contributed by atoms with van der Waals surface area (Å²) >= 11 is 0. The van der Waals surface area contributed by atoms with Gasteiger partial charge in [0.25, 0.3) is 0 Å². The smallest absolute Gasteiger partial charge is 0.230 e. The average molecular weight is 284 g/mol. The van der Waals surface area contributed by atoms with E-state index in [2.05, 4.69) is 0 Å². The molecule has 2 saturated heterocycles. The van der Waals surface area contributed by atoms with Gasteiger partial charge >= 0.3 is 0 Å². The van der Waals surface area contributed by atoms with Gasteiger partial charge in [0.1, 0.15) is 6.10 Å². The summed E-state index contributed by atoms with van der Waals surface area (Å²) < 4.78 is 11.5. The molecule has 2 aliphatic heterocycles. The topological polar surface area (TPSA) is 64.8 Å². The van der Waals surface area contributed by atoms with E-state index < -0.39 is 5.41 Å². The third-order valence-corrected chi connectivity index (χ3v) is 4.96. The molecule has 2 rings (SSSR count). The number of hydrogen-bond acceptors (Lipinski definition) is 4. The van der Waals surface area contributed by atoms with Crippen LogP contribution < -0.4 is 5.73 Å². The number of hydrogen-bond donors (Lipinski definition) is 1. The van der Waals surface area contributed by atoms with Crippen molar-refractivity contribution >= 4 is 5.91 Å². The van der Waals surface area contributed by atoms with Crippen LogP contribution >= 0.6 is 0 Å². The van der Waals surface area contributed by atoms with Crippen LogP contribution in [0.1, 0.15) is 39.5 Å². The molecule has 5 heteroatoms. The fraction of sp³-hybridized carbons (Fsp3) is 0.933. The second-order valence-corrected chi connectivity index (χ2v) is 5.90. The summed E-state index contributed by atoms with van der Waals surface area (Å²) in [5, 5.41) is 0. The minimum absolute atomic E-state index is 0.0272. The van der Waals surface area contributed by atoms with Gasteiger partial charge in [-0.25, -0.2) is 0 Å². The minimum atomic E-state index is -0.404. The van der Waals surface area contributed by atoms with Gasteiger partial charge in [0.2, 0.25) is 5.91 Å². The maximum Gasteiger partial charge on any atom is 0.230 e. The Balaban J connectivity index is 2.02. The monoisotopic (exact) mass is 284 g/mol. The SMILES string of the molecule is CCC(CC)(CN)C(=O)N1CCOC(C2CCCO2)C1. The first kappa shape index (κ1) is 15.7. The number of morpholine rings is 1. The zero-order valence-electron chi connectivity index (χ0n) is 12.8. The Morgan fingerprint density at radius 1 is 1.25 bits per heavy atom. The lowest BCUT2D eigenvalue weighted by atomic mass is 9.80. The van der Waals surface area contributed by atoms with E-state index in [4.69, 9.17) is 15.2 Å². The highest BCUT2D eigenvalue weighted by molar-refractivity contribution is 5.83. The van der Waals surface area contributed by atoms with Crippen LogP contribution in [0.3, 0.4) is 0 Å². The Kier molecular flexibility index (Phi) is 5.41. The summed E-state index contributed by atoms with van der Waals surface area (Å²) in [5.41, 5.74) is 5.49. The van der Waals surface area contributed by atoms with Gasteiger partial charge in [0, 0.05) is 26.2 Å². The lowest BCUT2D eigenvalue weighted by molar-refractivity contribution is -0.155. The standard InChI is InChI=1S/C15H28N2O3/c1-3-15(4-2,11-16)14(18)17-7-9-20-13(10-17)12-6-5-8-19-12/h12-13H,3-11,16H2,1-2H3. The predicted molar refractivity (Wildman–Crippen MR) is 77.4 cm³/mol. The first-order chi connectivity index (χ1) is 9.66. The van der Waals surface area contributed by atoms with Crippen LogP contribution in [-0.2, 0) is 14.3 Å². The van der Waals surface area contributed by atoms with E-state index in [1.165, 1.54) is 0 Å². The molecule has 0 spiro atoms. The maximum absolute atomic E-state index is 12.8. The Morgan fingerprint density at radius 3 is 2.50 bits per heavy atom. The van der Waals surface area contributed by atoms with Gasteiger partial charge in [0.15, 0.2) is 0 Å². The third kappa shape index (κ3) is 3.00. The molecule has 2 aliphatic rings. The van der Waals surface area contributed by atoms with Crippen molar-refractivity contribution in [1.29, 1.82) is 0 Å². The van der Waals surface area contributed by atoms with E-state index in [9.17, 15) is 4.79 Å². The second kappa shape index (κ2) is 6.87. The van der Waals surface area contributed by atoms with Gasteiger partial charge in [-0.2, -0.15) is 0 Å². The summed E-state index contributed by atoms with van der Waals surface area (Å²) in [4.78, 5) is 14.8. The molecule has 0 aromatic carbocycles. The summed E-state index contributed by atoms with van der Waals surface area (Å²) in [6.45, 7) is 7.24. The fourth-order valence-corrected chi connectivity index (χ4v) is 3.24. The largest absolute Gasteiger partial charge is 0.375 e. The molecule has 2 N–H and O–H groups in total. The minimum Gasteiger partial charge on any atom is -0.375 e. The summed E-state index contributed by atoms with van der Waals surface area (Å²) in [7, 11) is 0. The van der Waals surface area contributed by atoms with E-state index >= 15 is 0 Å². The molecule has 1 amide bonds. The zero-order chi connectivity index (χ0) is 14.6. The lowest BCUT2D eigenvalue weighted by Gasteiger charge is -2.40. The highest BCUT2D eigenvalue weighted by atomic mass is 16.5. The maximum atomic E-state index is 12.8. The average Bonchev–Trinajstić information content (AvgIpc) is 3.04. The van der Waals surface area contributed by atoms with Crippen LogP contribution in [0.4, 0.5) is 0 Å². The van der Waals surface area contributed by atoms with Crippen LogP contribution in [-0.4, -0.2) is 55.9 Å². The highest BCUT2D eigenvalue weighted by Gasteiger charge is 2.40. The number of nitrogens with zero attached hydrogens (tertiary/aromatic N) is 1. The number of amides is 1. The van der Waals surface area contributed by atoms with E-state index in [-0.39, 0.29) is 18.1 Å². The van der Waals surface area contributed by atoms with Crippen molar-refractivity contribution < 1.29 is 14.3 Å². The first-order valence-electron chi connectivity index (χ1n) is 7.89. The molecule has 0 aromatic rings. The van der Waals surface area contributed by atoms with Gasteiger partial charge < -0.3 is 20.1 Å². The zero-order valence-corrected chi connectivity index (χ0v) is 12.8. The van der Waals surface area contributed by atoms with Crippen molar-refractivity contribution in [3.8, 4) is 0 Å². The van der Waals surface area contributed by atoms with Crippen LogP contribution in [0.15, 0.2) is 0 Å². The molecule has 2 fully saturated rings. The normalized spacial score (nSPS) is 27.9. The molecular weight excluding hydrogens is 256 g/mol. The van der Waals surface area contributed by atoms with E-state index in [1.54, 1.807) is 0 Å². The van der Waals surface area contributed by atoms with Crippen molar-refractivity contribution in [2.75, 3.05) is 32.8 Å². The molecule has 0 bridgehead atoms. The molecule has 2 heterocycles. The van der Waals surface area contributed by atoms with Crippen molar-refractivity contribution in [2.24, 2.45) is 11.1 Å². The third-order valence-electron chi connectivity index (χ3n) is 4.96. The van der Waals surface area contributed by atoms with Gasteiger partial charge in [0.05, 0.1) is 18.1 Å². The predicted octanol–water partition coefficient (Wildman–Crippen LogP) is 1.16. The molecule has 2 atom stereocenters. The van der Waals surface area contributed by atoms with Crippen LogP contribution in [0.25, 0.3) is 0 Å². The van der Waals surface area contributed by atoms with Crippen molar-refractivity contribution in [1.82, 2.24) is 4.90 Å². The van der Waals surface area contributed by atoms with Crippen LogP contribution in [0.2, 0.25) is 0 Å². The van der Waals surface area contributed by atoms with E-state index in [1.807, 2.05) is 18.7 Å². The summed E-state index contributed by atoms with van der Waals surface area (Å²) in [5.74, 6) is 0.191. The van der Waals surface area contributed by atoms with Gasteiger partial charge in [-0.15, -0.1) is 0 Å². The number of carbonyl (C=O) groups excluding carboxylic acids is 1. The molecular formula is C15H28N2O3. The summed E-state index contributed by atoms with van der Waals surface area (Å²) in [6.07, 6.45) is 3.90. The number of carbonyl (C=O) groups is 1. The Labute approximate surface area is 121 Å². The van der Waals surface area contributed by atoms with E-state index in [0.717, 1.165) is 32.3 Å². The molecule has 0 aromatic heterocycles. The number of nitrogens with two attached hydrogens (primary N) is 1. The van der Waals surface area contributed by atoms with Gasteiger partial charge in [-0.05, 0) is 25.7 Å². The van der Waals surface area contributed by atoms with Crippen LogP contribution in [0.5, 0.6) is 0 Å². The molecule has 2 unspecified atom stereocenters. The Hall–Kier alpha value is -0.650. The second-order valence-electron chi connectivity index (χ2n) is 5.90. The quantitative estimate of drug-likeness (QED) is 0.823. The highest BCUT2D eigenvalue weighted by Crippen LogP contribution is 2.29. The molecule has 0 saturated carbocycles.